The molecular weight excluding hydrogens is 388 g/mol. The molecule has 0 saturated carbocycles. The number of nitro groups is 1. The van der Waals surface area contributed by atoms with E-state index < -0.39 is 23.4 Å². The summed E-state index contributed by atoms with van der Waals surface area (Å²) >= 11 is 5.88. The summed E-state index contributed by atoms with van der Waals surface area (Å²) in [5.41, 5.74) is 1.75. The summed E-state index contributed by atoms with van der Waals surface area (Å²) in [4.78, 5) is 34.8. The number of rotatable bonds is 5. The van der Waals surface area contributed by atoms with E-state index in [1.54, 1.807) is 32.0 Å². The zero-order valence-corrected chi connectivity index (χ0v) is 15.7. The molecule has 8 nitrogen and oxygen atoms in total. The van der Waals surface area contributed by atoms with Crippen LogP contribution in [-0.4, -0.2) is 23.4 Å². The summed E-state index contributed by atoms with van der Waals surface area (Å²) in [6.45, 7) is 2.87. The molecule has 28 heavy (non-hydrogen) atoms. The van der Waals surface area contributed by atoms with Crippen LogP contribution in [0.2, 0.25) is 5.02 Å². The fourth-order valence-corrected chi connectivity index (χ4v) is 2.74. The van der Waals surface area contributed by atoms with E-state index in [4.69, 9.17) is 20.8 Å². The molecule has 0 bridgehead atoms. The highest BCUT2D eigenvalue weighted by atomic mass is 35.5. The summed E-state index contributed by atoms with van der Waals surface area (Å²) in [5.74, 6) is -1.63. The van der Waals surface area contributed by atoms with E-state index in [-0.39, 0.29) is 17.1 Å². The van der Waals surface area contributed by atoms with Crippen molar-refractivity contribution in [2.24, 2.45) is 0 Å². The number of hydrogen-bond acceptors (Lipinski definition) is 6. The van der Waals surface area contributed by atoms with Gasteiger partial charge in [0, 0.05) is 16.5 Å². The molecule has 2 aromatic carbocycles. The highest BCUT2D eigenvalue weighted by molar-refractivity contribution is 6.31. The van der Waals surface area contributed by atoms with Gasteiger partial charge in [-0.3, -0.25) is 14.9 Å². The third kappa shape index (κ3) is 4.12. The Balaban J connectivity index is 1.67. The second-order valence-corrected chi connectivity index (χ2v) is 6.56. The molecule has 1 amide bonds. The fourth-order valence-electron chi connectivity index (χ4n) is 2.56. The lowest BCUT2D eigenvalue weighted by molar-refractivity contribution is -0.384. The zero-order valence-electron chi connectivity index (χ0n) is 14.9. The van der Waals surface area contributed by atoms with Crippen LogP contribution < -0.4 is 5.32 Å². The van der Waals surface area contributed by atoms with E-state index in [1.807, 2.05) is 0 Å². The van der Waals surface area contributed by atoms with Crippen molar-refractivity contribution in [3.63, 3.8) is 0 Å². The molecule has 1 N–H and O–H groups in total. The van der Waals surface area contributed by atoms with Crippen LogP contribution in [0.5, 0.6) is 0 Å². The van der Waals surface area contributed by atoms with Gasteiger partial charge in [-0.05, 0) is 55.3 Å². The highest BCUT2D eigenvalue weighted by Crippen LogP contribution is 2.28. The molecule has 0 aliphatic rings. The van der Waals surface area contributed by atoms with E-state index in [0.717, 1.165) is 11.1 Å². The number of nitrogens with zero attached hydrogens (tertiary/aromatic N) is 1. The van der Waals surface area contributed by atoms with Crippen LogP contribution in [0.3, 0.4) is 0 Å². The van der Waals surface area contributed by atoms with E-state index in [2.05, 4.69) is 5.32 Å². The Hall–Kier alpha value is -3.39. The van der Waals surface area contributed by atoms with Gasteiger partial charge in [-0.25, -0.2) is 4.79 Å². The van der Waals surface area contributed by atoms with Gasteiger partial charge in [-0.1, -0.05) is 11.6 Å². The Bertz CT molecular complexity index is 1110. The summed E-state index contributed by atoms with van der Waals surface area (Å²) in [6.07, 6.45) is 0. The number of nitro benzene ring substituents is 1. The average molecular weight is 403 g/mol. The Morgan fingerprint density at radius 1 is 1.18 bits per heavy atom. The van der Waals surface area contributed by atoms with Crippen LogP contribution in [0.15, 0.2) is 40.8 Å². The number of fused-ring (bicyclic) bond motifs is 1. The lowest BCUT2D eigenvalue weighted by atomic mass is 10.1. The van der Waals surface area contributed by atoms with Crippen LogP contribution in [0.25, 0.3) is 11.0 Å². The molecule has 1 aromatic heterocycles. The van der Waals surface area contributed by atoms with Gasteiger partial charge in [0.2, 0.25) is 5.76 Å². The first-order chi connectivity index (χ1) is 13.2. The second kappa shape index (κ2) is 7.69. The standard InChI is InChI=1S/C19H15ClN2O6/c1-10-5-14(15(22(25)26)6-11(10)2)21-18(23)9-27-19(24)17-8-12-7-13(20)3-4-16(12)28-17/h3-8H,9H2,1-2H3,(H,21,23). The van der Waals surface area contributed by atoms with Gasteiger partial charge in [-0.2, -0.15) is 0 Å². The minimum absolute atomic E-state index is 0.0347. The van der Waals surface area contributed by atoms with Crippen molar-refractivity contribution in [3.8, 4) is 0 Å². The Morgan fingerprint density at radius 3 is 2.61 bits per heavy atom. The van der Waals surface area contributed by atoms with Gasteiger partial charge in [0.1, 0.15) is 11.3 Å². The Labute approximate surface area is 164 Å². The first-order valence-electron chi connectivity index (χ1n) is 8.16. The molecule has 144 valence electrons. The van der Waals surface area contributed by atoms with Crippen molar-refractivity contribution < 1.29 is 23.7 Å². The molecule has 0 aliphatic carbocycles. The number of hydrogen-bond donors (Lipinski definition) is 1. The van der Waals surface area contributed by atoms with Crippen molar-refractivity contribution in [3.05, 3.63) is 68.4 Å². The summed E-state index contributed by atoms with van der Waals surface area (Å²) < 4.78 is 10.3. The number of carbonyl (C=O) groups is 2. The number of furan rings is 1. The third-order valence-electron chi connectivity index (χ3n) is 4.10. The molecule has 3 aromatic rings. The zero-order chi connectivity index (χ0) is 20.4. The van der Waals surface area contributed by atoms with Crippen molar-refractivity contribution >= 4 is 45.8 Å². The lowest BCUT2D eigenvalue weighted by Gasteiger charge is -2.09. The average Bonchev–Trinajstić information content (AvgIpc) is 3.05. The first-order valence-corrected chi connectivity index (χ1v) is 8.54. The SMILES string of the molecule is Cc1cc(NC(=O)COC(=O)c2cc3cc(Cl)ccc3o2)c([N+](=O)[O-])cc1C. The number of esters is 1. The molecular formula is C19H15ClN2O6. The maximum absolute atomic E-state index is 12.1. The molecule has 1 heterocycles. The number of nitrogens with one attached hydrogen (secondary N) is 1. The van der Waals surface area contributed by atoms with E-state index in [9.17, 15) is 19.7 Å². The number of anilines is 1. The number of benzene rings is 2. The molecule has 0 fully saturated rings. The van der Waals surface area contributed by atoms with Crippen molar-refractivity contribution in [1.29, 1.82) is 0 Å². The predicted octanol–water partition coefficient (Wildman–Crippen LogP) is 4.41. The Kier molecular flexibility index (Phi) is 5.32. The number of amides is 1. The van der Waals surface area contributed by atoms with Crippen molar-refractivity contribution in [1.82, 2.24) is 0 Å². The highest BCUT2D eigenvalue weighted by Gasteiger charge is 2.20. The fraction of sp³-hybridized carbons (Fsp3) is 0.158. The van der Waals surface area contributed by atoms with Gasteiger partial charge >= 0.3 is 5.97 Å². The largest absolute Gasteiger partial charge is 0.450 e. The number of carbonyl (C=O) groups excluding carboxylic acids is 2. The molecule has 0 aliphatic heterocycles. The number of ether oxygens (including phenoxy) is 1. The quantitative estimate of drug-likeness (QED) is 0.384. The molecule has 0 saturated heterocycles. The molecule has 3 rings (SSSR count). The van der Waals surface area contributed by atoms with Crippen LogP contribution in [0.4, 0.5) is 11.4 Å². The maximum Gasteiger partial charge on any atom is 0.374 e. The molecule has 0 atom stereocenters. The monoisotopic (exact) mass is 402 g/mol. The lowest BCUT2D eigenvalue weighted by Crippen LogP contribution is -2.21. The Morgan fingerprint density at radius 2 is 1.89 bits per heavy atom. The molecule has 0 radical (unpaired) electrons. The van der Waals surface area contributed by atoms with Crippen LogP contribution in [0.1, 0.15) is 21.7 Å². The smallest absolute Gasteiger partial charge is 0.374 e. The van der Waals surface area contributed by atoms with E-state index in [0.29, 0.717) is 16.0 Å². The van der Waals surface area contributed by atoms with Crippen LogP contribution in [0, 0.1) is 24.0 Å². The number of halogens is 1. The maximum atomic E-state index is 12.1. The molecule has 0 spiro atoms. The van der Waals surface area contributed by atoms with E-state index in [1.165, 1.54) is 18.2 Å². The third-order valence-corrected chi connectivity index (χ3v) is 4.33. The van der Waals surface area contributed by atoms with E-state index >= 15 is 0 Å². The van der Waals surface area contributed by atoms with Crippen molar-refractivity contribution in [2.75, 3.05) is 11.9 Å². The van der Waals surface area contributed by atoms with Crippen molar-refractivity contribution in [2.45, 2.75) is 13.8 Å². The van der Waals surface area contributed by atoms with Gasteiger partial charge in [0.05, 0.1) is 4.92 Å². The minimum atomic E-state index is -0.836. The summed E-state index contributed by atoms with van der Waals surface area (Å²) in [7, 11) is 0. The first kappa shape index (κ1) is 19.4. The van der Waals surface area contributed by atoms with Gasteiger partial charge in [-0.15, -0.1) is 0 Å². The summed E-state index contributed by atoms with van der Waals surface area (Å²) in [6, 6.07) is 9.18. The molecule has 0 unspecified atom stereocenters. The van der Waals surface area contributed by atoms with Gasteiger partial charge in [0.15, 0.2) is 6.61 Å². The predicted molar refractivity (Wildman–Crippen MR) is 103 cm³/mol. The normalized spacial score (nSPS) is 10.7. The second-order valence-electron chi connectivity index (χ2n) is 6.13. The molecule has 9 heteroatoms. The van der Waals surface area contributed by atoms with Gasteiger partial charge in [0.25, 0.3) is 11.6 Å². The summed E-state index contributed by atoms with van der Waals surface area (Å²) in [5, 5.41) is 14.7. The minimum Gasteiger partial charge on any atom is -0.450 e. The number of aryl methyl sites for hydroxylation is 2. The van der Waals surface area contributed by atoms with Crippen LogP contribution in [-0.2, 0) is 9.53 Å². The van der Waals surface area contributed by atoms with Gasteiger partial charge < -0.3 is 14.5 Å². The topological polar surface area (TPSA) is 112 Å². The van der Waals surface area contributed by atoms with Crippen LogP contribution >= 0.6 is 11.6 Å².